The van der Waals surface area contributed by atoms with Crippen LogP contribution in [-0.2, 0) is 4.79 Å². The van der Waals surface area contributed by atoms with Crippen LogP contribution in [0.25, 0.3) is 0 Å². The van der Waals surface area contributed by atoms with Crippen LogP contribution in [0.5, 0.6) is 0 Å². The van der Waals surface area contributed by atoms with E-state index in [0.29, 0.717) is 0 Å². The Morgan fingerprint density at radius 2 is 2.22 bits per heavy atom. The number of Topliss-reactive ketones (excluding diaryl/α,β-unsaturated/α-hetero) is 1. The Labute approximate surface area is 54.9 Å². The monoisotopic (exact) mass is 128 g/mol. The first kappa shape index (κ1) is 6.75. The molecule has 2 unspecified atom stereocenters. The van der Waals surface area contributed by atoms with Gasteiger partial charge in [0.15, 0.2) is 0 Å². The summed E-state index contributed by atoms with van der Waals surface area (Å²) in [5, 5.41) is 9.14. The van der Waals surface area contributed by atoms with Crippen molar-refractivity contribution in [2.24, 2.45) is 5.92 Å². The lowest BCUT2D eigenvalue weighted by Gasteiger charge is -2.08. The van der Waals surface area contributed by atoms with Crippen molar-refractivity contribution in [3.05, 3.63) is 0 Å². The van der Waals surface area contributed by atoms with Gasteiger partial charge in [-0.15, -0.1) is 0 Å². The van der Waals surface area contributed by atoms with Crippen LogP contribution >= 0.6 is 0 Å². The minimum absolute atomic E-state index is 0.0509. The van der Waals surface area contributed by atoms with Crippen LogP contribution in [0, 0.1) is 5.92 Å². The van der Waals surface area contributed by atoms with E-state index in [2.05, 4.69) is 0 Å². The van der Waals surface area contributed by atoms with E-state index in [4.69, 9.17) is 5.11 Å². The molecule has 0 bridgehead atoms. The Balaban J connectivity index is 2.49. The summed E-state index contributed by atoms with van der Waals surface area (Å²) < 4.78 is 0. The summed E-state index contributed by atoms with van der Waals surface area (Å²) in [6.07, 6.45) is 2.36. The maximum atomic E-state index is 10.7. The van der Waals surface area contributed by atoms with Crippen LogP contribution in [0.15, 0.2) is 0 Å². The molecule has 1 N–H and O–H groups in total. The first-order chi connectivity index (χ1) is 4.22. The molecule has 2 atom stereocenters. The maximum absolute atomic E-state index is 10.7. The van der Waals surface area contributed by atoms with Crippen LogP contribution in [0.3, 0.4) is 0 Å². The predicted molar refractivity (Wildman–Crippen MR) is 34.0 cm³/mol. The summed E-state index contributed by atoms with van der Waals surface area (Å²) in [6.45, 7) is 1.55. The first-order valence-electron chi connectivity index (χ1n) is 3.40. The molecule has 0 aromatic heterocycles. The third kappa shape index (κ3) is 1.30. The number of hydrogen-bond donors (Lipinski definition) is 1. The minimum atomic E-state index is -0.345. The van der Waals surface area contributed by atoms with Crippen molar-refractivity contribution in [2.45, 2.75) is 32.3 Å². The van der Waals surface area contributed by atoms with Gasteiger partial charge >= 0.3 is 0 Å². The standard InChI is InChI=1S/C7H12O2/c1-5(8)6-3-2-4-7(6)9/h6-7,9H,2-4H2,1H3. The van der Waals surface area contributed by atoms with E-state index in [-0.39, 0.29) is 17.8 Å². The molecule has 0 saturated heterocycles. The molecule has 9 heavy (non-hydrogen) atoms. The van der Waals surface area contributed by atoms with Gasteiger partial charge in [-0.1, -0.05) is 6.42 Å². The average Bonchev–Trinajstić information content (AvgIpc) is 2.13. The quantitative estimate of drug-likeness (QED) is 0.565. The van der Waals surface area contributed by atoms with Gasteiger partial charge in [-0.2, -0.15) is 0 Å². The molecule has 1 aliphatic rings. The van der Waals surface area contributed by atoms with E-state index in [1.165, 1.54) is 0 Å². The SMILES string of the molecule is CC(=O)C1CCCC1O. The summed E-state index contributed by atoms with van der Waals surface area (Å²) >= 11 is 0. The lowest BCUT2D eigenvalue weighted by atomic mass is 10.0. The highest BCUT2D eigenvalue weighted by atomic mass is 16.3. The number of rotatable bonds is 1. The highest BCUT2D eigenvalue weighted by molar-refractivity contribution is 5.79. The number of hydrogen-bond acceptors (Lipinski definition) is 2. The molecule has 2 nitrogen and oxygen atoms in total. The zero-order chi connectivity index (χ0) is 6.85. The normalized spacial score (nSPS) is 34.9. The Hall–Kier alpha value is -0.370. The zero-order valence-corrected chi connectivity index (χ0v) is 5.63. The van der Waals surface area contributed by atoms with Gasteiger partial charge in [-0.05, 0) is 19.8 Å². The average molecular weight is 128 g/mol. The van der Waals surface area contributed by atoms with Gasteiger partial charge < -0.3 is 5.11 Å². The van der Waals surface area contributed by atoms with Crippen molar-refractivity contribution in [2.75, 3.05) is 0 Å². The van der Waals surface area contributed by atoms with E-state index in [0.717, 1.165) is 19.3 Å². The molecule has 0 aromatic rings. The fourth-order valence-corrected chi connectivity index (χ4v) is 1.41. The molecule has 0 heterocycles. The largest absolute Gasteiger partial charge is 0.392 e. The number of ketones is 1. The molecule has 0 aliphatic heterocycles. The number of aliphatic hydroxyl groups is 1. The predicted octanol–water partition coefficient (Wildman–Crippen LogP) is 0.736. The zero-order valence-electron chi connectivity index (χ0n) is 5.63. The molecule has 1 fully saturated rings. The van der Waals surface area contributed by atoms with Crippen LogP contribution in [0.4, 0.5) is 0 Å². The molecular formula is C7H12O2. The Morgan fingerprint density at radius 1 is 1.56 bits per heavy atom. The van der Waals surface area contributed by atoms with Gasteiger partial charge in [0, 0.05) is 5.92 Å². The van der Waals surface area contributed by atoms with E-state index in [9.17, 15) is 4.79 Å². The second kappa shape index (κ2) is 2.48. The van der Waals surface area contributed by atoms with E-state index in [1.54, 1.807) is 6.92 Å². The molecule has 0 radical (unpaired) electrons. The molecule has 1 saturated carbocycles. The van der Waals surface area contributed by atoms with Crippen molar-refractivity contribution in [1.29, 1.82) is 0 Å². The lowest BCUT2D eigenvalue weighted by molar-refractivity contribution is -0.123. The third-order valence-electron chi connectivity index (χ3n) is 2.00. The van der Waals surface area contributed by atoms with Crippen LogP contribution in [0.2, 0.25) is 0 Å². The molecule has 0 amide bonds. The topological polar surface area (TPSA) is 37.3 Å². The van der Waals surface area contributed by atoms with Gasteiger partial charge in [0.05, 0.1) is 6.10 Å². The second-order valence-corrected chi connectivity index (χ2v) is 2.72. The molecule has 1 aliphatic carbocycles. The van der Waals surface area contributed by atoms with E-state index in [1.807, 2.05) is 0 Å². The fourth-order valence-electron chi connectivity index (χ4n) is 1.41. The lowest BCUT2D eigenvalue weighted by Crippen LogP contribution is -2.19. The molecular weight excluding hydrogens is 116 g/mol. The third-order valence-corrected chi connectivity index (χ3v) is 2.00. The van der Waals surface area contributed by atoms with Gasteiger partial charge in [0.25, 0.3) is 0 Å². The molecule has 1 rings (SSSR count). The summed E-state index contributed by atoms with van der Waals surface area (Å²) in [5.74, 6) is 0.0880. The highest BCUT2D eigenvalue weighted by Gasteiger charge is 2.28. The van der Waals surface area contributed by atoms with Gasteiger partial charge in [-0.3, -0.25) is 4.79 Å². The van der Waals surface area contributed by atoms with Crippen molar-refractivity contribution < 1.29 is 9.90 Å². The molecule has 2 heteroatoms. The molecule has 52 valence electrons. The number of aliphatic hydroxyl groups excluding tert-OH is 1. The van der Waals surface area contributed by atoms with Gasteiger partial charge in [-0.25, -0.2) is 0 Å². The van der Waals surface area contributed by atoms with Crippen molar-refractivity contribution in [3.63, 3.8) is 0 Å². The maximum Gasteiger partial charge on any atom is 0.135 e. The smallest absolute Gasteiger partial charge is 0.135 e. The molecule has 0 spiro atoms. The summed E-state index contributed by atoms with van der Waals surface area (Å²) in [6, 6.07) is 0. The summed E-state index contributed by atoms with van der Waals surface area (Å²) in [7, 11) is 0. The van der Waals surface area contributed by atoms with Crippen molar-refractivity contribution in [1.82, 2.24) is 0 Å². The van der Waals surface area contributed by atoms with Crippen molar-refractivity contribution >= 4 is 5.78 Å². The highest BCUT2D eigenvalue weighted by Crippen LogP contribution is 2.25. The second-order valence-electron chi connectivity index (χ2n) is 2.72. The van der Waals surface area contributed by atoms with Crippen LogP contribution < -0.4 is 0 Å². The van der Waals surface area contributed by atoms with E-state index >= 15 is 0 Å². The van der Waals surface area contributed by atoms with Crippen molar-refractivity contribution in [3.8, 4) is 0 Å². The Kier molecular flexibility index (Phi) is 1.86. The van der Waals surface area contributed by atoms with Gasteiger partial charge in [0.2, 0.25) is 0 Å². The molecule has 0 aromatic carbocycles. The summed E-state index contributed by atoms with van der Waals surface area (Å²) in [5.41, 5.74) is 0. The number of carbonyl (C=O) groups is 1. The Morgan fingerprint density at radius 3 is 2.44 bits per heavy atom. The van der Waals surface area contributed by atoms with Crippen LogP contribution in [0.1, 0.15) is 26.2 Å². The fraction of sp³-hybridized carbons (Fsp3) is 0.857. The minimum Gasteiger partial charge on any atom is -0.392 e. The first-order valence-corrected chi connectivity index (χ1v) is 3.40. The van der Waals surface area contributed by atoms with E-state index < -0.39 is 0 Å². The van der Waals surface area contributed by atoms with Crippen LogP contribution in [-0.4, -0.2) is 17.0 Å². The summed E-state index contributed by atoms with van der Waals surface area (Å²) in [4.78, 5) is 10.7. The Bertz CT molecular complexity index is 120. The van der Waals surface area contributed by atoms with Gasteiger partial charge in [0.1, 0.15) is 5.78 Å². The number of carbonyl (C=O) groups excluding carboxylic acids is 1.